The molecule has 0 aliphatic carbocycles. The molecule has 0 amide bonds. The first kappa shape index (κ1) is 15.2. The van der Waals surface area contributed by atoms with Crippen LogP contribution in [0.5, 0.6) is 0 Å². The lowest BCUT2D eigenvalue weighted by Gasteiger charge is -2.05. The SMILES string of the molecule is N#Cc1ccc(S(=O)(=O)CCn2cnc(CCN)c2)cc1. The summed E-state index contributed by atoms with van der Waals surface area (Å²) < 4.78 is 26.1. The molecule has 0 radical (unpaired) electrons. The summed E-state index contributed by atoms with van der Waals surface area (Å²) in [6.07, 6.45) is 4.09. The predicted octanol–water partition coefficient (Wildman–Crippen LogP) is 0.730. The Morgan fingerprint density at radius 1 is 1.29 bits per heavy atom. The molecule has 21 heavy (non-hydrogen) atoms. The standard InChI is InChI=1S/C14H16N4O2S/c15-6-5-13-10-18(11-17-13)7-8-21(19,20)14-3-1-12(9-16)2-4-14/h1-4,10-11H,5-8,15H2. The molecular formula is C14H16N4O2S. The van der Waals surface area contributed by atoms with Gasteiger partial charge in [0.25, 0.3) is 0 Å². The minimum absolute atomic E-state index is 0.0165. The molecule has 2 N–H and O–H groups in total. The molecule has 1 heterocycles. The molecule has 0 aliphatic rings. The van der Waals surface area contributed by atoms with Crippen molar-refractivity contribution < 1.29 is 8.42 Å². The van der Waals surface area contributed by atoms with Crippen molar-refractivity contribution >= 4 is 9.84 Å². The molecule has 0 unspecified atom stereocenters. The Hall–Kier alpha value is -2.17. The lowest BCUT2D eigenvalue weighted by atomic mass is 10.2. The van der Waals surface area contributed by atoms with Gasteiger partial charge in [-0.15, -0.1) is 0 Å². The first-order valence-electron chi connectivity index (χ1n) is 6.49. The van der Waals surface area contributed by atoms with Crippen molar-refractivity contribution in [1.82, 2.24) is 9.55 Å². The van der Waals surface area contributed by atoms with Gasteiger partial charge in [0.05, 0.1) is 34.3 Å². The van der Waals surface area contributed by atoms with E-state index in [1.807, 2.05) is 6.07 Å². The zero-order chi connectivity index (χ0) is 15.3. The fourth-order valence-corrected chi connectivity index (χ4v) is 3.12. The normalized spacial score (nSPS) is 11.2. The van der Waals surface area contributed by atoms with Gasteiger partial charge in [0.2, 0.25) is 0 Å². The van der Waals surface area contributed by atoms with Crippen LogP contribution in [0.4, 0.5) is 0 Å². The van der Waals surface area contributed by atoms with Crippen LogP contribution in [0.15, 0.2) is 41.7 Å². The van der Waals surface area contributed by atoms with E-state index >= 15 is 0 Å². The van der Waals surface area contributed by atoms with Crippen LogP contribution in [-0.4, -0.2) is 30.3 Å². The molecule has 1 aromatic heterocycles. The van der Waals surface area contributed by atoms with Gasteiger partial charge in [-0.3, -0.25) is 0 Å². The van der Waals surface area contributed by atoms with Gasteiger partial charge in [-0.2, -0.15) is 5.26 Å². The van der Waals surface area contributed by atoms with Gasteiger partial charge in [-0.1, -0.05) is 0 Å². The second kappa shape index (κ2) is 6.52. The summed E-state index contributed by atoms with van der Waals surface area (Å²) in [6.45, 7) is 0.848. The van der Waals surface area contributed by atoms with Gasteiger partial charge < -0.3 is 10.3 Å². The van der Waals surface area contributed by atoms with E-state index in [9.17, 15) is 8.42 Å². The van der Waals surface area contributed by atoms with Crippen LogP contribution < -0.4 is 5.73 Å². The number of benzene rings is 1. The molecule has 0 aliphatic heterocycles. The smallest absolute Gasteiger partial charge is 0.180 e. The number of aryl methyl sites for hydroxylation is 1. The molecule has 0 bridgehead atoms. The Morgan fingerprint density at radius 2 is 2.00 bits per heavy atom. The first-order valence-corrected chi connectivity index (χ1v) is 8.14. The van der Waals surface area contributed by atoms with Crippen LogP contribution in [0, 0.1) is 11.3 Å². The van der Waals surface area contributed by atoms with E-state index in [-0.39, 0.29) is 10.6 Å². The van der Waals surface area contributed by atoms with Gasteiger partial charge in [-0.25, -0.2) is 13.4 Å². The molecule has 0 saturated heterocycles. The third kappa shape index (κ3) is 3.90. The summed E-state index contributed by atoms with van der Waals surface area (Å²) in [5, 5.41) is 8.71. The lowest BCUT2D eigenvalue weighted by Crippen LogP contribution is -2.12. The van der Waals surface area contributed by atoms with Gasteiger partial charge in [0.15, 0.2) is 9.84 Å². The molecule has 7 heteroatoms. The second-order valence-electron chi connectivity index (χ2n) is 4.60. The number of rotatable bonds is 6. The van der Waals surface area contributed by atoms with E-state index in [4.69, 9.17) is 11.0 Å². The summed E-state index contributed by atoms with van der Waals surface area (Å²) in [7, 11) is -3.37. The summed E-state index contributed by atoms with van der Waals surface area (Å²) in [5.41, 5.74) is 6.74. The van der Waals surface area contributed by atoms with Crippen LogP contribution in [0.2, 0.25) is 0 Å². The van der Waals surface area contributed by atoms with Crippen LogP contribution in [0.3, 0.4) is 0 Å². The van der Waals surface area contributed by atoms with Gasteiger partial charge in [0, 0.05) is 19.2 Å². The number of nitrogens with two attached hydrogens (primary N) is 1. The van der Waals surface area contributed by atoms with Gasteiger partial charge in [-0.05, 0) is 30.8 Å². The van der Waals surface area contributed by atoms with Crippen molar-refractivity contribution in [1.29, 1.82) is 5.26 Å². The number of aromatic nitrogens is 2. The maximum atomic E-state index is 12.2. The van der Waals surface area contributed by atoms with Crippen molar-refractivity contribution in [3.8, 4) is 6.07 Å². The van der Waals surface area contributed by atoms with Gasteiger partial charge >= 0.3 is 0 Å². The Morgan fingerprint density at radius 3 is 2.62 bits per heavy atom. The fraction of sp³-hybridized carbons (Fsp3) is 0.286. The Labute approximate surface area is 123 Å². The van der Waals surface area contributed by atoms with Crippen molar-refractivity contribution in [3.63, 3.8) is 0 Å². The van der Waals surface area contributed by atoms with Crippen molar-refractivity contribution in [2.75, 3.05) is 12.3 Å². The molecule has 0 spiro atoms. The number of hydrogen-bond donors (Lipinski definition) is 1. The molecule has 0 saturated carbocycles. The molecule has 1 aromatic carbocycles. The zero-order valence-corrected chi connectivity index (χ0v) is 12.3. The van der Waals surface area contributed by atoms with Crippen LogP contribution in [-0.2, 0) is 22.8 Å². The highest BCUT2D eigenvalue weighted by Gasteiger charge is 2.14. The number of sulfone groups is 1. The van der Waals surface area contributed by atoms with E-state index < -0.39 is 9.84 Å². The zero-order valence-electron chi connectivity index (χ0n) is 11.4. The summed E-state index contributed by atoms with van der Waals surface area (Å²) >= 11 is 0. The maximum absolute atomic E-state index is 12.2. The lowest BCUT2D eigenvalue weighted by molar-refractivity contribution is 0.588. The Balaban J connectivity index is 2.04. The van der Waals surface area contributed by atoms with E-state index in [0.29, 0.717) is 25.1 Å². The predicted molar refractivity (Wildman–Crippen MR) is 78.2 cm³/mol. The van der Waals surface area contributed by atoms with Gasteiger partial charge in [0.1, 0.15) is 0 Å². The molecule has 110 valence electrons. The number of imidazole rings is 1. The minimum atomic E-state index is -3.37. The highest BCUT2D eigenvalue weighted by atomic mass is 32.2. The average Bonchev–Trinajstić information content (AvgIpc) is 2.93. The third-order valence-corrected chi connectivity index (χ3v) is 4.76. The number of hydrogen-bond acceptors (Lipinski definition) is 5. The van der Waals surface area contributed by atoms with E-state index in [1.165, 1.54) is 24.3 Å². The quantitative estimate of drug-likeness (QED) is 0.847. The summed E-state index contributed by atoms with van der Waals surface area (Å²) in [4.78, 5) is 4.38. The number of nitriles is 1. The Bertz CT molecular complexity index is 742. The third-order valence-electron chi connectivity index (χ3n) is 3.05. The van der Waals surface area contributed by atoms with E-state index in [1.54, 1.807) is 17.1 Å². The van der Waals surface area contributed by atoms with Crippen LogP contribution in [0.1, 0.15) is 11.3 Å². The highest BCUT2D eigenvalue weighted by Crippen LogP contribution is 2.12. The fourth-order valence-electron chi connectivity index (χ4n) is 1.89. The van der Waals surface area contributed by atoms with E-state index in [2.05, 4.69) is 4.98 Å². The van der Waals surface area contributed by atoms with Crippen molar-refractivity contribution in [2.24, 2.45) is 5.73 Å². The van der Waals surface area contributed by atoms with E-state index in [0.717, 1.165) is 5.69 Å². The molecule has 0 atom stereocenters. The summed E-state index contributed by atoms with van der Waals surface area (Å²) in [6, 6.07) is 7.89. The first-order chi connectivity index (χ1) is 10.0. The monoisotopic (exact) mass is 304 g/mol. The largest absolute Gasteiger partial charge is 0.336 e. The molecular weight excluding hydrogens is 288 g/mol. The van der Waals surface area contributed by atoms with Crippen molar-refractivity contribution in [3.05, 3.63) is 48.0 Å². The maximum Gasteiger partial charge on any atom is 0.180 e. The molecule has 2 rings (SSSR count). The minimum Gasteiger partial charge on any atom is -0.336 e. The van der Waals surface area contributed by atoms with Crippen LogP contribution in [0.25, 0.3) is 0 Å². The average molecular weight is 304 g/mol. The van der Waals surface area contributed by atoms with Crippen molar-refractivity contribution in [2.45, 2.75) is 17.9 Å². The molecule has 6 nitrogen and oxygen atoms in total. The molecule has 2 aromatic rings. The topological polar surface area (TPSA) is 102 Å². The van der Waals surface area contributed by atoms with Crippen LogP contribution >= 0.6 is 0 Å². The second-order valence-corrected chi connectivity index (χ2v) is 6.71. The molecule has 0 fully saturated rings. The number of nitrogens with zero attached hydrogens (tertiary/aromatic N) is 3. The Kier molecular flexibility index (Phi) is 4.73. The summed E-state index contributed by atoms with van der Waals surface area (Å²) in [5.74, 6) is -0.0165. The highest BCUT2D eigenvalue weighted by molar-refractivity contribution is 7.91.